The fraction of sp³-hybridized carbons (Fsp3) is 0.467. The quantitative estimate of drug-likeness (QED) is 0.352. The summed E-state index contributed by atoms with van der Waals surface area (Å²) in [4.78, 5) is 15.9. The Kier molecular flexibility index (Phi) is 6.63. The van der Waals surface area contributed by atoms with Crippen molar-refractivity contribution in [3.63, 3.8) is 0 Å². The molecule has 3 aromatic rings. The van der Waals surface area contributed by atoms with Crippen molar-refractivity contribution in [1.29, 1.82) is 5.26 Å². The van der Waals surface area contributed by atoms with E-state index in [1.54, 1.807) is 6.20 Å². The minimum absolute atomic E-state index is 0.225. The summed E-state index contributed by atoms with van der Waals surface area (Å²) >= 11 is 0. The lowest BCUT2D eigenvalue weighted by atomic mass is 9.70. The third-order valence-electron chi connectivity index (χ3n) is 8.38. The highest BCUT2D eigenvalue weighted by molar-refractivity contribution is 6.00. The number of aromatic nitrogens is 1. The first-order valence-corrected chi connectivity index (χ1v) is 12.8. The van der Waals surface area contributed by atoms with Crippen LogP contribution in [0, 0.1) is 35.0 Å². The van der Waals surface area contributed by atoms with Gasteiger partial charge in [-0.05, 0) is 93.1 Å². The molecule has 2 saturated carbocycles. The number of H-pyrrole nitrogens is 1. The summed E-state index contributed by atoms with van der Waals surface area (Å²) in [6.07, 6.45) is 14.1. The highest BCUT2D eigenvalue weighted by atomic mass is 16.1. The summed E-state index contributed by atoms with van der Waals surface area (Å²) in [6, 6.07) is 18.8. The second-order valence-corrected chi connectivity index (χ2v) is 10.4. The standard InChI is InChI=1S/C30H34N2O/c31-19-26-20-32-29-18-25(14-15-28(26)29)30(33)11-5-9-22-16-23-12-13-24(17-22)27(23)10-4-8-21-6-2-1-3-7-21/h1-3,6-7,14-15,18,20,22-24,27,32H,4-5,8-13,16-17H2/t22-,23-,24+,27?. The van der Waals surface area contributed by atoms with Gasteiger partial charge in [0.2, 0.25) is 0 Å². The lowest BCUT2D eigenvalue weighted by Crippen LogP contribution is -2.26. The topological polar surface area (TPSA) is 56.6 Å². The Morgan fingerprint density at radius 2 is 1.79 bits per heavy atom. The number of carbonyl (C=O) groups is 1. The molecular formula is C30H34N2O. The first-order valence-electron chi connectivity index (χ1n) is 12.8. The summed E-state index contributed by atoms with van der Waals surface area (Å²) in [6.45, 7) is 0. The predicted octanol–water partition coefficient (Wildman–Crippen LogP) is 7.47. The van der Waals surface area contributed by atoms with Crippen LogP contribution < -0.4 is 0 Å². The Morgan fingerprint density at radius 3 is 2.55 bits per heavy atom. The van der Waals surface area contributed by atoms with Gasteiger partial charge in [0.1, 0.15) is 6.07 Å². The van der Waals surface area contributed by atoms with Crippen LogP contribution in [0.15, 0.2) is 54.7 Å². The van der Waals surface area contributed by atoms with Crippen LogP contribution in [0.3, 0.4) is 0 Å². The third-order valence-corrected chi connectivity index (χ3v) is 8.38. The largest absolute Gasteiger partial charge is 0.360 e. The zero-order chi connectivity index (χ0) is 22.6. The van der Waals surface area contributed by atoms with Gasteiger partial charge in [0.25, 0.3) is 0 Å². The molecule has 3 heteroatoms. The van der Waals surface area contributed by atoms with E-state index in [4.69, 9.17) is 5.26 Å². The minimum atomic E-state index is 0.225. The number of hydrogen-bond donors (Lipinski definition) is 1. The Hall–Kier alpha value is -2.86. The van der Waals surface area contributed by atoms with Crippen molar-refractivity contribution in [3.05, 3.63) is 71.4 Å². The van der Waals surface area contributed by atoms with Gasteiger partial charge in [-0.1, -0.05) is 42.5 Å². The average Bonchev–Trinajstić information content (AvgIpc) is 3.36. The van der Waals surface area contributed by atoms with Gasteiger partial charge < -0.3 is 4.98 Å². The smallest absolute Gasteiger partial charge is 0.162 e. The summed E-state index contributed by atoms with van der Waals surface area (Å²) in [7, 11) is 0. The Morgan fingerprint density at radius 1 is 1.00 bits per heavy atom. The van der Waals surface area contributed by atoms with Crippen molar-refractivity contribution >= 4 is 16.7 Å². The number of nitrogens with one attached hydrogen (secondary N) is 1. The van der Waals surface area contributed by atoms with Gasteiger partial charge in [0.05, 0.1) is 5.56 Å². The molecule has 1 unspecified atom stereocenters. The van der Waals surface area contributed by atoms with Crippen molar-refractivity contribution in [2.45, 2.75) is 64.2 Å². The van der Waals surface area contributed by atoms with E-state index >= 15 is 0 Å². The van der Waals surface area contributed by atoms with Crippen LogP contribution >= 0.6 is 0 Å². The molecule has 0 spiro atoms. The maximum absolute atomic E-state index is 12.8. The maximum atomic E-state index is 12.8. The highest BCUT2D eigenvalue weighted by Crippen LogP contribution is 2.51. The number of benzene rings is 2. The Bertz CT molecular complexity index is 1130. The number of nitrogens with zero attached hydrogens (tertiary/aromatic N) is 1. The fourth-order valence-electron chi connectivity index (χ4n) is 6.76. The van der Waals surface area contributed by atoms with Crippen LogP contribution in [-0.4, -0.2) is 10.8 Å². The molecule has 5 rings (SSSR count). The number of nitriles is 1. The van der Waals surface area contributed by atoms with Crippen LogP contribution in [0.2, 0.25) is 0 Å². The van der Waals surface area contributed by atoms with E-state index in [-0.39, 0.29) is 5.78 Å². The van der Waals surface area contributed by atoms with E-state index in [0.717, 1.165) is 46.6 Å². The molecule has 1 N–H and O–H groups in total. The van der Waals surface area contributed by atoms with E-state index in [2.05, 4.69) is 41.4 Å². The molecule has 0 aliphatic heterocycles. The normalized spacial score (nSPS) is 24.1. The number of carbonyl (C=O) groups excluding carboxylic acids is 1. The summed E-state index contributed by atoms with van der Waals surface area (Å²) in [5.41, 5.74) is 3.74. The lowest BCUT2D eigenvalue weighted by molar-refractivity contribution is 0.0971. The highest BCUT2D eigenvalue weighted by Gasteiger charge is 2.41. The molecule has 4 atom stereocenters. The number of rotatable bonds is 9. The molecule has 3 nitrogen and oxygen atoms in total. The number of aromatic amines is 1. The number of hydrogen-bond acceptors (Lipinski definition) is 2. The van der Waals surface area contributed by atoms with Crippen molar-refractivity contribution < 1.29 is 4.79 Å². The van der Waals surface area contributed by atoms with Gasteiger partial charge in [-0.25, -0.2) is 0 Å². The predicted molar refractivity (Wildman–Crippen MR) is 133 cm³/mol. The SMILES string of the molecule is N#Cc1c[nH]c2cc(C(=O)CCC[C@@H]3C[C@H]4CC[C@@H](C3)C4CCCc3ccccc3)ccc12. The molecule has 2 fully saturated rings. The van der Waals surface area contributed by atoms with Crippen LogP contribution in [0.25, 0.3) is 10.9 Å². The summed E-state index contributed by atoms with van der Waals surface area (Å²) in [5.74, 6) is 3.82. The van der Waals surface area contributed by atoms with Gasteiger partial charge in [0.15, 0.2) is 5.78 Å². The van der Waals surface area contributed by atoms with Crippen LogP contribution in [0.4, 0.5) is 0 Å². The first-order chi connectivity index (χ1) is 16.2. The van der Waals surface area contributed by atoms with Crippen molar-refractivity contribution in [2.75, 3.05) is 0 Å². The molecule has 0 amide bonds. The van der Waals surface area contributed by atoms with Crippen LogP contribution in [-0.2, 0) is 6.42 Å². The van der Waals surface area contributed by atoms with Crippen molar-refractivity contribution in [2.24, 2.45) is 23.7 Å². The zero-order valence-electron chi connectivity index (χ0n) is 19.4. The molecule has 0 radical (unpaired) electrons. The summed E-state index contributed by atoms with van der Waals surface area (Å²) < 4.78 is 0. The molecule has 2 aliphatic carbocycles. The number of fused-ring (bicyclic) bond motifs is 3. The first kappa shape index (κ1) is 22.0. The number of aryl methyl sites for hydroxylation is 1. The molecule has 0 saturated heterocycles. The van der Waals surface area contributed by atoms with E-state index in [1.165, 1.54) is 56.9 Å². The Balaban J connectivity index is 1.07. The van der Waals surface area contributed by atoms with Gasteiger partial charge in [-0.2, -0.15) is 5.26 Å². The molecular weight excluding hydrogens is 404 g/mol. The Labute approximate surface area is 197 Å². The van der Waals surface area contributed by atoms with E-state index in [0.29, 0.717) is 12.0 Å². The van der Waals surface area contributed by atoms with Gasteiger partial charge in [-0.15, -0.1) is 0 Å². The molecule has 33 heavy (non-hydrogen) atoms. The second kappa shape index (κ2) is 9.96. The zero-order valence-corrected chi connectivity index (χ0v) is 19.4. The molecule has 170 valence electrons. The lowest BCUT2D eigenvalue weighted by Gasteiger charge is -2.35. The number of Topliss-reactive ketones (excluding diaryl/α,β-unsaturated/α-hetero) is 1. The maximum Gasteiger partial charge on any atom is 0.162 e. The monoisotopic (exact) mass is 438 g/mol. The van der Waals surface area contributed by atoms with E-state index in [1.807, 2.05) is 18.2 Å². The van der Waals surface area contributed by atoms with E-state index < -0.39 is 0 Å². The molecule has 1 aromatic heterocycles. The van der Waals surface area contributed by atoms with Gasteiger partial charge in [0, 0.05) is 29.1 Å². The number of ketones is 1. The fourth-order valence-corrected chi connectivity index (χ4v) is 6.76. The summed E-state index contributed by atoms with van der Waals surface area (Å²) in [5, 5.41) is 10.0. The average molecular weight is 439 g/mol. The molecule has 2 bridgehead atoms. The van der Waals surface area contributed by atoms with Gasteiger partial charge in [-0.3, -0.25) is 4.79 Å². The van der Waals surface area contributed by atoms with Crippen molar-refractivity contribution in [3.8, 4) is 6.07 Å². The van der Waals surface area contributed by atoms with Gasteiger partial charge >= 0.3 is 0 Å². The second-order valence-electron chi connectivity index (χ2n) is 10.4. The third kappa shape index (κ3) is 4.91. The molecule has 1 heterocycles. The van der Waals surface area contributed by atoms with E-state index in [9.17, 15) is 4.79 Å². The molecule has 2 aliphatic rings. The van der Waals surface area contributed by atoms with Crippen LogP contribution in [0.5, 0.6) is 0 Å². The minimum Gasteiger partial charge on any atom is -0.360 e. The van der Waals surface area contributed by atoms with Crippen LogP contribution in [0.1, 0.15) is 79.3 Å². The van der Waals surface area contributed by atoms with Crippen molar-refractivity contribution in [1.82, 2.24) is 4.98 Å². The molecule has 2 aromatic carbocycles.